The maximum absolute atomic E-state index is 10.8. The van der Waals surface area contributed by atoms with Gasteiger partial charge in [0.15, 0.2) is 0 Å². The molecule has 0 aliphatic heterocycles. The number of hydrazine groups is 1. The fourth-order valence-electron chi connectivity index (χ4n) is 0.531. The minimum absolute atomic E-state index is 0.109. The van der Waals surface area contributed by atoms with Gasteiger partial charge in [0.05, 0.1) is 0 Å². The fourth-order valence-corrected chi connectivity index (χ4v) is 2.28. The molecule has 0 bridgehead atoms. The van der Waals surface area contributed by atoms with Crippen molar-refractivity contribution in [3.05, 3.63) is 0 Å². The number of hydrogen-bond acceptors (Lipinski definition) is 2. The molecule has 1 amide bonds. The molecule has 0 spiro atoms. The number of amides is 1. The van der Waals surface area contributed by atoms with E-state index in [1.807, 2.05) is 0 Å². The standard InChI is InChI=1S/C5H14BrN2OP/c1-10(2,3,6)4-5(9)8-7/h4,7H2,1-3H3,(H,8,9). The van der Waals surface area contributed by atoms with E-state index in [4.69, 9.17) is 5.84 Å². The van der Waals surface area contributed by atoms with E-state index in [1.165, 1.54) is 0 Å². The van der Waals surface area contributed by atoms with Crippen LogP contribution in [-0.4, -0.2) is 32.1 Å². The van der Waals surface area contributed by atoms with Gasteiger partial charge in [0.25, 0.3) is 0 Å². The molecule has 0 aromatic carbocycles. The first kappa shape index (κ1) is 10.3. The molecular formula is C5H14BrN2OP. The molecule has 10 heavy (non-hydrogen) atoms. The second kappa shape index (κ2) is 2.76. The van der Waals surface area contributed by atoms with E-state index in [-0.39, 0.29) is 5.91 Å². The van der Waals surface area contributed by atoms with Gasteiger partial charge in [-0.05, 0) is 0 Å². The molecule has 0 fully saturated rings. The zero-order chi connectivity index (χ0) is 8.44. The summed E-state index contributed by atoms with van der Waals surface area (Å²) in [6.45, 7) is 6.17. The Balaban J connectivity index is 4.03. The number of carbonyl (C=O) groups excluding carboxylic acids is 1. The summed E-state index contributed by atoms with van der Waals surface area (Å²) < 4.78 is 0. The topological polar surface area (TPSA) is 55.1 Å². The van der Waals surface area contributed by atoms with Crippen LogP contribution in [0.2, 0.25) is 0 Å². The van der Waals surface area contributed by atoms with Crippen LogP contribution in [0.3, 0.4) is 0 Å². The third kappa shape index (κ3) is 6.46. The first-order chi connectivity index (χ1) is 4.21. The number of carbonyl (C=O) groups is 1. The molecule has 0 aliphatic carbocycles. The summed E-state index contributed by atoms with van der Waals surface area (Å²) in [4.78, 5) is 10.8. The van der Waals surface area contributed by atoms with Crippen LogP contribution >= 0.6 is 20.8 Å². The van der Waals surface area contributed by atoms with Crippen molar-refractivity contribution in [2.45, 2.75) is 0 Å². The van der Waals surface area contributed by atoms with Crippen LogP contribution < -0.4 is 11.3 Å². The Labute approximate surface area is 69.4 Å². The molecule has 0 radical (unpaired) electrons. The van der Waals surface area contributed by atoms with E-state index in [0.29, 0.717) is 6.16 Å². The van der Waals surface area contributed by atoms with Gasteiger partial charge >= 0.3 is 68.9 Å². The zero-order valence-electron chi connectivity index (χ0n) is 6.52. The summed E-state index contributed by atoms with van der Waals surface area (Å²) >= 11 is 3.54. The first-order valence-corrected chi connectivity index (χ1v) is 8.70. The van der Waals surface area contributed by atoms with Crippen LogP contribution in [0.4, 0.5) is 0 Å². The van der Waals surface area contributed by atoms with Crippen molar-refractivity contribution < 1.29 is 4.79 Å². The van der Waals surface area contributed by atoms with E-state index in [9.17, 15) is 4.79 Å². The van der Waals surface area contributed by atoms with Crippen LogP contribution in [0.1, 0.15) is 0 Å². The molecule has 3 N–H and O–H groups in total. The van der Waals surface area contributed by atoms with Gasteiger partial charge in [-0.15, -0.1) is 0 Å². The molecule has 5 heteroatoms. The van der Waals surface area contributed by atoms with Crippen LogP contribution in [0.15, 0.2) is 0 Å². The number of hydrogen-bond donors (Lipinski definition) is 2. The number of halogens is 1. The molecule has 0 atom stereocenters. The molecule has 0 heterocycles. The summed E-state index contributed by atoms with van der Waals surface area (Å²) in [5, 5.41) is -1.87. The average molecular weight is 229 g/mol. The Hall–Kier alpha value is 0.340. The molecule has 0 saturated carbocycles. The number of rotatable bonds is 2. The molecular weight excluding hydrogens is 215 g/mol. The van der Waals surface area contributed by atoms with Crippen molar-refractivity contribution in [3.63, 3.8) is 0 Å². The van der Waals surface area contributed by atoms with Crippen molar-refractivity contribution in [1.82, 2.24) is 5.43 Å². The summed E-state index contributed by atoms with van der Waals surface area (Å²) in [6, 6.07) is 0. The molecule has 0 unspecified atom stereocenters. The Morgan fingerprint density at radius 1 is 1.60 bits per heavy atom. The predicted octanol–water partition coefficient (Wildman–Crippen LogP) is 0.729. The van der Waals surface area contributed by atoms with Crippen LogP contribution in [0.5, 0.6) is 0 Å². The minimum atomic E-state index is -1.87. The maximum atomic E-state index is 10.8. The summed E-state index contributed by atoms with van der Waals surface area (Å²) in [6.07, 6.45) is 0.488. The van der Waals surface area contributed by atoms with Gasteiger partial charge in [-0.25, -0.2) is 0 Å². The number of nitrogens with two attached hydrogens (primary N) is 1. The second-order valence-corrected chi connectivity index (χ2v) is 17.7. The molecule has 3 nitrogen and oxygen atoms in total. The predicted molar refractivity (Wildman–Crippen MR) is 50.8 cm³/mol. The third-order valence-electron chi connectivity index (χ3n) is 0.839. The Morgan fingerprint density at radius 3 is 2.10 bits per heavy atom. The van der Waals surface area contributed by atoms with Crippen LogP contribution in [-0.2, 0) is 4.79 Å². The Bertz CT molecular complexity index is 142. The van der Waals surface area contributed by atoms with Crippen LogP contribution in [0, 0.1) is 0 Å². The summed E-state index contributed by atoms with van der Waals surface area (Å²) in [5.41, 5.74) is 2.11. The quantitative estimate of drug-likeness (QED) is 0.317. The molecule has 62 valence electrons. The van der Waals surface area contributed by atoms with Crippen molar-refractivity contribution in [2.24, 2.45) is 5.84 Å². The van der Waals surface area contributed by atoms with Crippen molar-refractivity contribution in [3.8, 4) is 0 Å². The van der Waals surface area contributed by atoms with E-state index in [0.717, 1.165) is 0 Å². The monoisotopic (exact) mass is 228 g/mol. The summed E-state index contributed by atoms with van der Waals surface area (Å²) in [7, 11) is 0. The molecule has 0 aromatic rings. The van der Waals surface area contributed by atoms with E-state index < -0.39 is 5.31 Å². The van der Waals surface area contributed by atoms with E-state index in [1.54, 1.807) is 0 Å². The third-order valence-corrected chi connectivity index (χ3v) is 2.95. The van der Waals surface area contributed by atoms with E-state index in [2.05, 4.69) is 40.9 Å². The Morgan fingerprint density at radius 2 is 2.00 bits per heavy atom. The van der Waals surface area contributed by atoms with Crippen molar-refractivity contribution >= 4 is 26.7 Å². The van der Waals surface area contributed by atoms with Gasteiger partial charge in [-0.2, -0.15) is 0 Å². The zero-order valence-corrected chi connectivity index (χ0v) is 9.00. The summed E-state index contributed by atoms with van der Waals surface area (Å²) in [5.74, 6) is 4.83. The first-order valence-electron chi connectivity index (χ1n) is 2.92. The second-order valence-electron chi connectivity index (χ2n) is 3.64. The molecule has 0 aromatic heterocycles. The number of nitrogens with one attached hydrogen (secondary N) is 1. The van der Waals surface area contributed by atoms with Crippen molar-refractivity contribution in [1.29, 1.82) is 0 Å². The normalized spacial score (nSPS) is 15.5. The SMILES string of the molecule is CP(C)(C)(Br)CC(=O)NN. The van der Waals surface area contributed by atoms with Gasteiger partial charge in [-0.1, -0.05) is 0 Å². The van der Waals surface area contributed by atoms with Crippen LogP contribution in [0.25, 0.3) is 0 Å². The van der Waals surface area contributed by atoms with Gasteiger partial charge in [0.2, 0.25) is 0 Å². The molecule has 0 rings (SSSR count). The van der Waals surface area contributed by atoms with Gasteiger partial charge in [0, 0.05) is 0 Å². The van der Waals surface area contributed by atoms with Gasteiger partial charge < -0.3 is 0 Å². The fraction of sp³-hybridized carbons (Fsp3) is 0.800. The van der Waals surface area contributed by atoms with Gasteiger partial charge in [-0.3, -0.25) is 0 Å². The van der Waals surface area contributed by atoms with Crippen molar-refractivity contribution in [2.75, 3.05) is 26.2 Å². The molecule has 0 saturated heterocycles. The van der Waals surface area contributed by atoms with Gasteiger partial charge in [0.1, 0.15) is 0 Å². The average Bonchev–Trinajstić information content (AvgIpc) is 1.59. The molecule has 0 aliphatic rings. The Kier molecular flexibility index (Phi) is 2.85. The van der Waals surface area contributed by atoms with E-state index >= 15 is 0 Å².